The standard InChI is InChI=1S/C20H25FN4OS/c1-14-18(27-13-22-14)12-25-9-7-20(8-10-25,19(26)23-16-5-6-16)24-17-4-2-3-15(21)11-17/h2-4,11,13,16,24H,5-10,12H2,1H3,(H,23,26). The third-order valence-corrected chi connectivity index (χ3v) is 6.40. The van der Waals surface area contributed by atoms with Gasteiger partial charge in [-0.3, -0.25) is 9.69 Å². The first-order chi connectivity index (χ1) is 13.0. The Kier molecular flexibility index (Phi) is 5.14. The van der Waals surface area contributed by atoms with E-state index in [4.69, 9.17) is 0 Å². The molecule has 1 aliphatic heterocycles. The quantitative estimate of drug-likeness (QED) is 0.797. The molecule has 1 aromatic heterocycles. The third-order valence-electron chi connectivity index (χ3n) is 5.48. The summed E-state index contributed by atoms with van der Waals surface area (Å²) in [6.45, 7) is 4.54. The molecule has 1 saturated carbocycles. The van der Waals surface area contributed by atoms with Crippen LogP contribution in [0, 0.1) is 12.7 Å². The lowest BCUT2D eigenvalue weighted by atomic mass is 9.85. The molecule has 2 aromatic rings. The van der Waals surface area contributed by atoms with Crippen molar-refractivity contribution >= 4 is 22.9 Å². The highest BCUT2D eigenvalue weighted by atomic mass is 32.1. The number of hydrogen-bond acceptors (Lipinski definition) is 5. The van der Waals surface area contributed by atoms with Crippen molar-refractivity contribution in [1.82, 2.24) is 15.2 Å². The van der Waals surface area contributed by atoms with Gasteiger partial charge in [-0.2, -0.15) is 0 Å². The number of halogens is 1. The van der Waals surface area contributed by atoms with Crippen molar-refractivity contribution in [3.63, 3.8) is 0 Å². The van der Waals surface area contributed by atoms with E-state index in [9.17, 15) is 9.18 Å². The summed E-state index contributed by atoms with van der Waals surface area (Å²) in [4.78, 5) is 21.0. The van der Waals surface area contributed by atoms with Crippen molar-refractivity contribution in [1.29, 1.82) is 0 Å². The summed E-state index contributed by atoms with van der Waals surface area (Å²) in [5, 5.41) is 6.52. The highest BCUT2D eigenvalue weighted by molar-refractivity contribution is 7.09. The van der Waals surface area contributed by atoms with Crippen LogP contribution in [0.1, 0.15) is 36.3 Å². The van der Waals surface area contributed by atoms with E-state index in [1.54, 1.807) is 17.4 Å². The molecule has 0 atom stereocenters. The number of rotatable bonds is 6. The molecule has 0 spiro atoms. The second-order valence-corrected chi connectivity index (χ2v) is 8.54. The molecule has 0 unspecified atom stereocenters. The van der Waals surface area contributed by atoms with E-state index in [2.05, 4.69) is 20.5 Å². The monoisotopic (exact) mass is 388 g/mol. The second-order valence-electron chi connectivity index (χ2n) is 7.60. The Morgan fingerprint density at radius 2 is 2.15 bits per heavy atom. The summed E-state index contributed by atoms with van der Waals surface area (Å²) in [6.07, 6.45) is 3.50. The van der Waals surface area contributed by atoms with Gasteiger partial charge in [-0.25, -0.2) is 9.37 Å². The first-order valence-corrected chi connectivity index (χ1v) is 10.4. The zero-order valence-corrected chi connectivity index (χ0v) is 16.3. The minimum atomic E-state index is -0.685. The van der Waals surface area contributed by atoms with Crippen LogP contribution in [0.2, 0.25) is 0 Å². The number of carbonyl (C=O) groups is 1. The van der Waals surface area contributed by atoms with E-state index >= 15 is 0 Å². The maximum absolute atomic E-state index is 13.6. The highest BCUT2D eigenvalue weighted by Gasteiger charge is 2.43. The molecule has 2 aliphatic rings. The number of hydrogen-bond donors (Lipinski definition) is 2. The van der Waals surface area contributed by atoms with Crippen LogP contribution >= 0.6 is 11.3 Å². The Bertz CT molecular complexity index is 812. The lowest BCUT2D eigenvalue weighted by Gasteiger charge is -2.41. The van der Waals surface area contributed by atoms with Gasteiger partial charge in [0, 0.05) is 36.2 Å². The minimum absolute atomic E-state index is 0.0443. The van der Waals surface area contributed by atoms with Crippen molar-refractivity contribution in [3.8, 4) is 0 Å². The Labute approximate surface area is 163 Å². The lowest BCUT2D eigenvalue weighted by molar-refractivity contribution is -0.127. The zero-order valence-electron chi connectivity index (χ0n) is 15.5. The van der Waals surface area contributed by atoms with Crippen LogP contribution in [0.4, 0.5) is 10.1 Å². The van der Waals surface area contributed by atoms with Crippen LogP contribution < -0.4 is 10.6 Å². The van der Waals surface area contributed by atoms with Crippen LogP contribution in [-0.4, -0.2) is 40.5 Å². The molecule has 1 saturated heterocycles. The third kappa shape index (κ3) is 4.30. The van der Waals surface area contributed by atoms with Gasteiger partial charge in [-0.1, -0.05) is 6.07 Å². The Hall–Kier alpha value is -1.99. The van der Waals surface area contributed by atoms with E-state index in [-0.39, 0.29) is 11.7 Å². The predicted molar refractivity (Wildman–Crippen MR) is 105 cm³/mol. The van der Waals surface area contributed by atoms with Crippen molar-refractivity contribution in [2.75, 3.05) is 18.4 Å². The first kappa shape index (κ1) is 18.4. The van der Waals surface area contributed by atoms with Crippen molar-refractivity contribution in [3.05, 3.63) is 46.2 Å². The number of piperidine rings is 1. The molecule has 4 rings (SSSR count). The van der Waals surface area contributed by atoms with Gasteiger partial charge in [0.05, 0.1) is 11.2 Å². The number of amides is 1. The first-order valence-electron chi connectivity index (χ1n) is 9.50. The van der Waals surface area contributed by atoms with Gasteiger partial charge in [-0.05, 0) is 50.8 Å². The van der Waals surface area contributed by atoms with Crippen LogP contribution in [0.3, 0.4) is 0 Å². The Balaban J connectivity index is 1.47. The van der Waals surface area contributed by atoms with Crippen LogP contribution in [0.25, 0.3) is 0 Å². The van der Waals surface area contributed by atoms with E-state index in [0.717, 1.165) is 38.2 Å². The summed E-state index contributed by atoms with van der Waals surface area (Å²) in [5.41, 5.74) is 2.94. The molecule has 7 heteroatoms. The van der Waals surface area contributed by atoms with Crippen LogP contribution in [0.15, 0.2) is 29.8 Å². The number of aromatic nitrogens is 1. The smallest absolute Gasteiger partial charge is 0.245 e. The number of nitrogens with one attached hydrogen (secondary N) is 2. The lowest BCUT2D eigenvalue weighted by Crippen LogP contribution is -2.58. The van der Waals surface area contributed by atoms with E-state index in [1.165, 1.54) is 17.0 Å². The topological polar surface area (TPSA) is 57.3 Å². The predicted octanol–water partition coefficient (Wildman–Crippen LogP) is 3.32. The summed E-state index contributed by atoms with van der Waals surface area (Å²) in [5.74, 6) is -0.251. The minimum Gasteiger partial charge on any atom is -0.371 e. The Morgan fingerprint density at radius 1 is 1.37 bits per heavy atom. The van der Waals surface area contributed by atoms with Gasteiger partial charge in [0.25, 0.3) is 0 Å². The van der Waals surface area contributed by atoms with Crippen LogP contribution in [-0.2, 0) is 11.3 Å². The summed E-state index contributed by atoms with van der Waals surface area (Å²) >= 11 is 1.68. The maximum Gasteiger partial charge on any atom is 0.245 e. The van der Waals surface area contributed by atoms with Crippen molar-refractivity contribution in [2.45, 2.75) is 50.7 Å². The Morgan fingerprint density at radius 3 is 2.78 bits per heavy atom. The highest BCUT2D eigenvalue weighted by Crippen LogP contribution is 2.31. The van der Waals surface area contributed by atoms with Gasteiger partial charge < -0.3 is 10.6 Å². The number of nitrogens with zero attached hydrogens (tertiary/aromatic N) is 2. The summed E-state index contributed by atoms with van der Waals surface area (Å²) < 4.78 is 13.6. The van der Waals surface area contributed by atoms with Gasteiger partial charge in [0.1, 0.15) is 11.4 Å². The summed E-state index contributed by atoms with van der Waals surface area (Å²) in [7, 11) is 0. The number of likely N-dealkylation sites (tertiary alicyclic amines) is 1. The van der Waals surface area contributed by atoms with E-state index in [1.807, 2.05) is 18.5 Å². The zero-order chi connectivity index (χ0) is 18.9. The molecular weight excluding hydrogens is 363 g/mol. The molecule has 1 aliphatic carbocycles. The molecular formula is C20H25FN4OS. The number of carbonyl (C=O) groups excluding carboxylic acids is 1. The molecule has 144 valence electrons. The van der Waals surface area contributed by atoms with Gasteiger partial charge in [-0.15, -0.1) is 11.3 Å². The average molecular weight is 389 g/mol. The molecule has 0 radical (unpaired) electrons. The molecule has 2 heterocycles. The van der Waals surface area contributed by atoms with Gasteiger partial charge in [0.2, 0.25) is 5.91 Å². The summed E-state index contributed by atoms with van der Waals surface area (Å²) in [6, 6.07) is 6.68. The largest absolute Gasteiger partial charge is 0.371 e. The molecule has 2 N–H and O–H groups in total. The molecule has 1 aromatic carbocycles. The fraction of sp³-hybridized carbons (Fsp3) is 0.500. The molecule has 1 amide bonds. The molecule has 27 heavy (non-hydrogen) atoms. The normalized spacial score (nSPS) is 19.6. The number of thiazole rings is 1. The number of anilines is 1. The van der Waals surface area contributed by atoms with Crippen LogP contribution in [0.5, 0.6) is 0 Å². The fourth-order valence-corrected chi connectivity index (χ4v) is 4.39. The number of benzene rings is 1. The molecule has 5 nitrogen and oxygen atoms in total. The van der Waals surface area contributed by atoms with Crippen molar-refractivity contribution in [2.24, 2.45) is 0 Å². The SMILES string of the molecule is Cc1ncsc1CN1CCC(Nc2cccc(F)c2)(C(=O)NC2CC2)CC1. The van der Waals surface area contributed by atoms with E-state index in [0.29, 0.717) is 24.6 Å². The van der Waals surface area contributed by atoms with Crippen molar-refractivity contribution < 1.29 is 9.18 Å². The average Bonchev–Trinajstić information content (AvgIpc) is 3.37. The maximum atomic E-state index is 13.6. The fourth-order valence-electron chi connectivity index (χ4n) is 3.58. The molecule has 2 fully saturated rings. The molecule has 0 bridgehead atoms. The van der Waals surface area contributed by atoms with Gasteiger partial charge >= 0.3 is 0 Å². The number of aryl methyl sites for hydroxylation is 1. The van der Waals surface area contributed by atoms with E-state index < -0.39 is 5.54 Å². The van der Waals surface area contributed by atoms with Gasteiger partial charge in [0.15, 0.2) is 0 Å². The second kappa shape index (κ2) is 7.56.